The summed E-state index contributed by atoms with van der Waals surface area (Å²) in [6.07, 6.45) is -4.06. The van der Waals surface area contributed by atoms with Crippen LogP contribution < -0.4 is 42.5 Å². The van der Waals surface area contributed by atoms with Gasteiger partial charge in [-0.2, -0.15) is 0 Å². The number of nitrogens with one attached hydrogen (secondary N) is 8. The van der Waals surface area contributed by atoms with Gasteiger partial charge in [-0.05, 0) is 92.9 Å². The molecule has 1 aliphatic carbocycles. The van der Waals surface area contributed by atoms with Crippen LogP contribution in [0.5, 0.6) is 0 Å². The average Bonchev–Trinajstić information content (AvgIpc) is 0.831. The van der Waals surface area contributed by atoms with Crippen molar-refractivity contribution in [1.29, 1.82) is 0 Å². The molecule has 2 aliphatic rings. The SMILES string of the molecule is O=C(O)CCC(NC(=O)NC(CCCCNC(=O)C(CCC(=O)O)NC(=O)C(CCC(=O)O)NC(=O)C(CCC(=O)O)NC(=O)C(Cc1ccc2ccccc2c1)NC(=O)C1CCC(CNC(=O)CN2CCN(CC(=O)O)CCN(CC(=O)O)CCN(CC(=O)O)CC2)CC1)C(=O)O)C(=O)O. The van der Waals surface area contributed by atoms with Crippen molar-refractivity contribution in [3.63, 3.8) is 0 Å². The molecule has 2 aromatic carbocycles. The van der Waals surface area contributed by atoms with E-state index in [0.717, 1.165) is 10.8 Å². The molecule has 37 heteroatoms. The number of aliphatic carboxylic acids is 9. The van der Waals surface area contributed by atoms with Crippen molar-refractivity contribution < 1.29 is 123 Å². The summed E-state index contributed by atoms with van der Waals surface area (Å²) in [6, 6.07) is 1.42. The summed E-state index contributed by atoms with van der Waals surface area (Å²) < 4.78 is 0. The third-order valence-corrected chi connectivity index (χ3v) is 17.0. The highest BCUT2D eigenvalue weighted by Gasteiger charge is 2.35. The molecule has 1 aliphatic heterocycles. The molecular weight excluding hydrogens is 1340 g/mol. The fourth-order valence-corrected chi connectivity index (χ4v) is 11.4. The van der Waals surface area contributed by atoms with Gasteiger partial charge in [0.05, 0.1) is 26.2 Å². The Kier molecular flexibility index (Phi) is 35.8. The van der Waals surface area contributed by atoms with Gasteiger partial charge in [0.25, 0.3) is 0 Å². The molecule has 1 heterocycles. The van der Waals surface area contributed by atoms with Crippen LogP contribution in [0.25, 0.3) is 10.8 Å². The molecule has 17 N–H and O–H groups in total. The van der Waals surface area contributed by atoms with Crippen molar-refractivity contribution in [1.82, 2.24) is 62.1 Å². The standard InChI is InChI=1S/C64H92N12O25/c77-49(34-73-23-25-74(35-54(86)87)27-29-76(37-56(90)91)30-28-75(26-24-73)36-55(88)89)66-33-38-8-12-41(13-9-38)57(92)70-48(32-39-10-11-40-5-1-2-6-42(40)31-39)61(96)69-45(16-20-52(82)83)60(95)68-44(15-19-51(80)81)59(94)67-43(14-18-50(78)79)58(93)65-22-4-3-7-46(62(97)98)71-64(101)72-47(63(99)100)17-21-53(84)85/h1-2,5-6,10-11,31,38,41,43-48H,3-4,7-9,12-30,32-37H2,(H,65,93)(H,66,77)(H,67,94)(H,68,95)(H,69,96)(H,70,92)(H,78,79)(H,80,81)(H,82,83)(H,84,85)(H,86,87)(H,88,89)(H,90,91)(H,97,98)(H,99,100)(H2,71,72,101). The minimum atomic E-state index is -1.83. The van der Waals surface area contributed by atoms with Crippen molar-refractivity contribution in [2.75, 3.05) is 91.6 Å². The second-order valence-electron chi connectivity index (χ2n) is 24.9. The van der Waals surface area contributed by atoms with Gasteiger partial charge in [-0.25, -0.2) is 14.4 Å². The molecule has 101 heavy (non-hydrogen) atoms. The Balaban J connectivity index is 1.45. The van der Waals surface area contributed by atoms with E-state index in [0.29, 0.717) is 31.2 Å². The molecular formula is C64H92N12O25. The first-order valence-electron chi connectivity index (χ1n) is 33.0. The van der Waals surface area contributed by atoms with Crippen LogP contribution in [-0.4, -0.2) is 289 Å². The number of amides is 8. The zero-order valence-electron chi connectivity index (χ0n) is 55.7. The van der Waals surface area contributed by atoms with E-state index in [1.54, 1.807) is 43.9 Å². The van der Waals surface area contributed by atoms with Crippen LogP contribution in [0.3, 0.4) is 0 Å². The molecule has 558 valence electrons. The molecule has 8 amide bonds. The van der Waals surface area contributed by atoms with Gasteiger partial charge in [0, 0.05) is 103 Å². The number of carbonyl (C=O) groups is 16. The lowest BCUT2D eigenvalue weighted by Gasteiger charge is -2.33. The molecule has 6 atom stereocenters. The Morgan fingerprint density at radius 2 is 0.782 bits per heavy atom. The van der Waals surface area contributed by atoms with Crippen LogP contribution in [-0.2, 0) is 78.3 Å². The molecule has 0 aromatic heterocycles. The van der Waals surface area contributed by atoms with E-state index in [1.165, 1.54) is 0 Å². The largest absolute Gasteiger partial charge is 0.481 e. The van der Waals surface area contributed by atoms with Gasteiger partial charge in [0.1, 0.15) is 36.3 Å². The number of carboxylic acid groups (broad SMARTS) is 9. The highest BCUT2D eigenvalue weighted by molar-refractivity contribution is 5.96. The predicted molar refractivity (Wildman–Crippen MR) is 351 cm³/mol. The van der Waals surface area contributed by atoms with Gasteiger partial charge in [0.15, 0.2) is 0 Å². The molecule has 6 unspecified atom stereocenters. The van der Waals surface area contributed by atoms with Crippen LogP contribution in [0, 0.1) is 11.8 Å². The Morgan fingerprint density at radius 3 is 1.21 bits per heavy atom. The van der Waals surface area contributed by atoms with Crippen LogP contribution in [0.1, 0.15) is 102 Å². The van der Waals surface area contributed by atoms with E-state index < -0.39 is 183 Å². The van der Waals surface area contributed by atoms with E-state index in [1.807, 2.05) is 23.5 Å². The summed E-state index contributed by atoms with van der Waals surface area (Å²) >= 11 is 0. The smallest absolute Gasteiger partial charge is 0.326 e. The first kappa shape index (κ1) is 83.3. The van der Waals surface area contributed by atoms with Crippen LogP contribution in [0.4, 0.5) is 4.79 Å². The Hall–Kier alpha value is -10.1. The molecule has 4 rings (SSSR count). The first-order chi connectivity index (χ1) is 47.8. The van der Waals surface area contributed by atoms with Crippen molar-refractivity contribution in [3.05, 3.63) is 48.0 Å². The van der Waals surface area contributed by atoms with Gasteiger partial charge in [-0.1, -0.05) is 42.5 Å². The Bertz CT molecular complexity index is 3210. The van der Waals surface area contributed by atoms with E-state index >= 15 is 0 Å². The maximum Gasteiger partial charge on any atom is 0.326 e. The summed E-state index contributed by atoms with van der Waals surface area (Å²) in [6.45, 7) is 0.489. The van der Waals surface area contributed by atoms with Crippen molar-refractivity contribution in [2.45, 2.75) is 139 Å². The zero-order chi connectivity index (χ0) is 74.7. The van der Waals surface area contributed by atoms with Gasteiger partial charge < -0.3 is 88.5 Å². The van der Waals surface area contributed by atoms with Gasteiger partial charge >= 0.3 is 59.8 Å². The van der Waals surface area contributed by atoms with E-state index in [9.17, 15) is 118 Å². The van der Waals surface area contributed by atoms with Crippen molar-refractivity contribution >= 4 is 106 Å². The summed E-state index contributed by atoms with van der Waals surface area (Å²) in [4.78, 5) is 208. The second-order valence-corrected chi connectivity index (χ2v) is 24.9. The normalized spacial score (nSPS) is 17.5. The van der Waals surface area contributed by atoms with Crippen LogP contribution in [0.2, 0.25) is 0 Å². The first-order valence-corrected chi connectivity index (χ1v) is 33.0. The fraction of sp³-hybridized carbons (Fsp3) is 0.594. The van der Waals surface area contributed by atoms with Crippen molar-refractivity contribution in [2.24, 2.45) is 11.8 Å². The Labute approximate surface area is 579 Å². The quantitative estimate of drug-likeness (QED) is 0.0310. The monoisotopic (exact) mass is 1430 g/mol. The lowest BCUT2D eigenvalue weighted by atomic mass is 9.81. The number of hydrogen-bond donors (Lipinski definition) is 17. The number of urea groups is 1. The predicted octanol–water partition coefficient (Wildman–Crippen LogP) is -2.33. The fourth-order valence-electron chi connectivity index (χ4n) is 11.4. The number of benzene rings is 2. The summed E-state index contributed by atoms with van der Waals surface area (Å²) in [5.74, 6) is -18.0. The maximum absolute atomic E-state index is 14.6. The zero-order valence-corrected chi connectivity index (χ0v) is 55.7. The minimum Gasteiger partial charge on any atom is -0.481 e. The minimum absolute atomic E-state index is 0.00846. The third kappa shape index (κ3) is 33.1. The number of unbranched alkanes of at least 4 members (excludes halogenated alkanes) is 1. The van der Waals surface area contributed by atoms with Crippen LogP contribution in [0.15, 0.2) is 42.5 Å². The second kappa shape index (κ2) is 43.4. The number of carbonyl (C=O) groups excluding carboxylic acids is 7. The van der Waals surface area contributed by atoms with Gasteiger partial charge in [-0.15, -0.1) is 0 Å². The number of carboxylic acids is 9. The highest BCUT2D eigenvalue weighted by Crippen LogP contribution is 2.29. The van der Waals surface area contributed by atoms with Crippen LogP contribution >= 0.6 is 0 Å². The van der Waals surface area contributed by atoms with E-state index in [2.05, 4.69) is 37.2 Å². The third-order valence-electron chi connectivity index (χ3n) is 17.0. The molecule has 2 aromatic rings. The summed E-state index contributed by atoms with van der Waals surface area (Å²) in [5, 5.41) is 107. The molecule has 0 radical (unpaired) electrons. The number of fused-ring (bicyclic) bond motifs is 1. The van der Waals surface area contributed by atoms with E-state index in [4.69, 9.17) is 5.11 Å². The topological polar surface area (TPSA) is 564 Å². The van der Waals surface area contributed by atoms with Gasteiger partial charge in [0.2, 0.25) is 35.4 Å². The van der Waals surface area contributed by atoms with E-state index in [-0.39, 0.29) is 129 Å². The van der Waals surface area contributed by atoms with Gasteiger partial charge in [-0.3, -0.25) is 81.9 Å². The lowest BCUT2D eigenvalue weighted by Crippen LogP contribution is -2.59. The molecule has 0 bridgehead atoms. The molecule has 37 nitrogen and oxygen atoms in total. The summed E-state index contributed by atoms with van der Waals surface area (Å²) in [7, 11) is 0. The molecule has 1 saturated carbocycles. The molecule has 1 saturated heterocycles. The lowest BCUT2D eigenvalue weighted by molar-refractivity contribution is -0.141. The Morgan fingerprint density at radius 1 is 0.386 bits per heavy atom. The van der Waals surface area contributed by atoms with Crippen molar-refractivity contribution in [3.8, 4) is 0 Å². The maximum atomic E-state index is 14.6. The highest BCUT2D eigenvalue weighted by atomic mass is 16.4. The molecule has 0 spiro atoms. The molecule has 2 fully saturated rings. The number of hydrogen-bond acceptors (Lipinski definition) is 20. The average molecular weight is 1430 g/mol. The number of rotatable bonds is 42. The number of nitrogens with zero attached hydrogens (tertiary/aromatic N) is 4. The summed E-state index contributed by atoms with van der Waals surface area (Å²) in [5.41, 5.74) is 0.558.